The van der Waals surface area contributed by atoms with Crippen molar-refractivity contribution in [2.45, 2.75) is 44.6 Å². The molecule has 4 atom stereocenters. The Morgan fingerprint density at radius 1 is 1.27 bits per heavy atom. The second kappa shape index (κ2) is 8.02. The summed E-state index contributed by atoms with van der Waals surface area (Å²) >= 11 is 6.37. The molecule has 0 spiro atoms. The fourth-order valence-electron chi connectivity index (χ4n) is 5.31. The highest BCUT2D eigenvalue weighted by Gasteiger charge is 2.47. The van der Waals surface area contributed by atoms with Crippen molar-refractivity contribution in [3.05, 3.63) is 47.1 Å². The lowest BCUT2D eigenvalue weighted by Crippen LogP contribution is -2.41. The van der Waals surface area contributed by atoms with Crippen molar-refractivity contribution in [3.8, 4) is 0 Å². The van der Waals surface area contributed by atoms with Gasteiger partial charge in [0.05, 0.1) is 12.1 Å². The smallest absolute Gasteiger partial charge is 0.229 e. The molecule has 2 aromatic rings. The van der Waals surface area contributed by atoms with Gasteiger partial charge in [0.1, 0.15) is 5.02 Å². The molecule has 5 rings (SSSR count). The van der Waals surface area contributed by atoms with Gasteiger partial charge >= 0.3 is 0 Å². The Kier molecular flexibility index (Phi) is 5.28. The maximum atomic E-state index is 12.2. The zero-order valence-electron chi connectivity index (χ0n) is 18.6. The molecule has 0 saturated heterocycles. The zero-order valence-corrected chi connectivity index (χ0v) is 19.3. The van der Waals surface area contributed by atoms with Crippen LogP contribution in [0.5, 0.6) is 0 Å². The van der Waals surface area contributed by atoms with Crippen LogP contribution in [-0.4, -0.2) is 27.8 Å². The van der Waals surface area contributed by atoms with E-state index in [2.05, 4.69) is 51.9 Å². The zero-order chi connectivity index (χ0) is 23.3. The van der Waals surface area contributed by atoms with Crippen LogP contribution in [0.4, 0.5) is 23.1 Å². The van der Waals surface area contributed by atoms with Crippen LogP contribution in [0, 0.1) is 17.8 Å². The van der Waals surface area contributed by atoms with E-state index >= 15 is 0 Å². The molecule has 1 saturated carbocycles. The maximum absolute atomic E-state index is 12.2. The summed E-state index contributed by atoms with van der Waals surface area (Å²) in [6.45, 7) is 4.29. The van der Waals surface area contributed by atoms with Crippen molar-refractivity contribution in [2.24, 2.45) is 23.5 Å². The van der Waals surface area contributed by atoms with E-state index in [1.807, 2.05) is 18.2 Å². The number of halogens is 1. The summed E-state index contributed by atoms with van der Waals surface area (Å²) in [5.74, 6) is 0.582. The molecule has 1 aliphatic heterocycles. The SMILES string of the molecule is CC1(C)CCC(=O)Nc2cc(Nc3ncc(Cl)c(N[C@H]4[C@@H](C(N)=O)[C@@H]5C=C[C@H]4C5)n3)ccc21. The van der Waals surface area contributed by atoms with Gasteiger partial charge in [-0.05, 0) is 47.8 Å². The van der Waals surface area contributed by atoms with Crippen molar-refractivity contribution in [1.82, 2.24) is 9.97 Å². The molecule has 1 aromatic heterocycles. The number of benzene rings is 1. The lowest BCUT2D eigenvalue weighted by atomic mass is 9.80. The number of anilines is 4. The summed E-state index contributed by atoms with van der Waals surface area (Å²) in [5, 5.41) is 9.91. The maximum Gasteiger partial charge on any atom is 0.229 e. The van der Waals surface area contributed by atoms with Gasteiger partial charge in [0.2, 0.25) is 17.8 Å². The van der Waals surface area contributed by atoms with Crippen LogP contribution < -0.4 is 21.7 Å². The van der Waals surface area contributed by atoms with Gasteiger partial charge in [0.15, 0.2) is 5.82 Å². The van der Waals surface area contributed by atoms with Crippen molar-refractivity contribution in [2.75, 3.05) is 16.0 Å². The largest absolute Gasteiger partial charge is 0.369 e. The monoisotopic (exact) mass is 466 g/mol. The van der Waals surface area contributed by atoms with Crippen molar-refractivity contribution < 1.29 is 9.59 Å². The van der Waals surface area contributed by atoms with Crippen molar-refractivity contribution in [3.63, 3.8) is 0 Å². The van der Waals surface area contributed by atoms with Crippen LogP contribution >= 0.6 is 11.6 Å². The first kappa shape index (κ1) is 21.7. The molecular formula is C24H27ClN6O2. The molecule has 172 valence electrons. The summed E-state index contributed by atoms with van der Waals surface area (Å²) in [7, 11) is 0. The molecule has 2 bridgehead atoms. The molecule has 2 amide bonds. The third-order valence-electron chi connectivity index (χ3n) is 7.09. The van der Waals surface area contributed by atoms with Gasteiger partial charge in [-0.15, -0.1) is 0 Å². The van der Waals surface area contributed by atoms with E-state index in [4.69, 9.17) is 17.3 Å². The number of hydrogen-bond donors (Lipinski definition) is 4. The predicted molar refractivity (Wildman–Crippen MR) is 128 cm³/mol. The van der Waals surface area contributed by atoms with Crippen LogP contribution in [0.15, 0.2) is 36.5 Å². The molecule has 9 heteroatoms. The number of carbonyl (C=O) groups is 2. The minimum absolute atomic E-state index is 0.0112. The number of hydrogen-bond acceptors (Lipinski definition) is 6. The Morgan fingerprint density at radius 3 is 2.85 bits per heavy atom. The van der Waals surface area contributed by atoms with E-state index in [0.717, 1.165) is 29.8 Å². The summed E-state index contributed by atoms with van der Waals surface area (Å²) in [6.07, 6.45) is 7.90. The van der Waals surface area contributed by atoms with Crippen LogP contribution in [0.3, 0.4) is 0 Å². The van der Waals surface area contributed by atoms with E-state index in [1.54, 1.807) is 0 Å². The van der Waals surface area contributed by atoms with Crippen LogP contribution in [0.1, 0.15) is 38.7 Å². The van der Waals surface area contributed by atoms with Gasteiger partial charge in [-0.25, -0.2) is 4.98 Å². The summed E-state index contributed by atoms with van der Waals surface area (Å²) in [6, 6.07) is 5.72. The summed E-state index contributed by atoms with van der Waals surface area (Å²) < 4.78 is 0. The highest BCUT2D eigenvalue weighted by Crippen LogP contribution is 2.45. The fraction of sp³-hybridized carbons (Fsp3) is 0.417. The number of nitrogens with zero attached hydrogens (tertiary/aromatic N) is 2. The molecule has 5 N–H and O–H groups in total. The average Bonchev–Trinajstić information content (AvgIpc) is 3.33. The standard InChI is InChI=1S/C24H27ClN6O2/c1-24(2)8-7-18(32)29-17-10-14(5-6-15(17)24)28-23-27-11-16(25)22(31-23)30-20-13-4-3-12(9-13)19(20)21(26)33/h3-6,10-13,19-20H,7-9H2,1-2H3,(H2,26,33)(H,29,32)(H2,27,28,30,31)/t12-,13+,19+,20-/m1/s1. The third kappa shape index (κ3) is 4.04. The lowest BCUT2D eigenvalue weighted by molar-refractivity contribution is -0.122. The third-order valence-corrected chi connectivity index (χ3v) is 7.37. The molecular weight excluding hydrogens is 440 g/mol. The minimum Gasteiger partial charge on any atom is -0.369 e. The Balaban J connectivity index is 1.39. The van der Waals surface area contributed by atoms with E-state index < -0.39 is 0 Å². The molecule has 33 heavy (non-hydrogen) atoms. The fourth-order valence-corrected chi connectivity index (χ4v) is 5.46. The van der Waals surface area contributed by atoms with Crippen LogP contribution in [0.2, 0.25) is 5.02 Å². The summed E-state index contributed by atoms with van der Waals surface area (Å²) in [5.41, 5.74) is 8.20. The van der Waals surface area contributed by atoms with Crippen LogP contribution in [-0.2, 0) is 15.0 Å². The van der Waals surface area contributed by atoms with E-state index in [1.165, 1.54) is 6.20 Å². The Hall–Kier alpha value is -3.13. The van der Waals surface area contributed by atoms with Gasteiger partial charge in [-0.1, -0.05) is 43.7 Å². The highest BCUT2D eigenvalue weighted by atomic mass is 35.5. The van der Waals surface area contributed by atoms with Crippen LogP contribution in [0.25, 0.3) is 0 Å². The number of allylic oxidation sites excluding steroid dienone is 1. The van der Waals surface area contributed by atoms with Crippen molar-refractivity contribution >= 4 is 46.6 Å². The Bertz CT molecular complexity index is 1160. The number of amides is 2. The second-order valence-electron chi connectivity index (χ2n) is 9.75. The molecule has 0 unspecified atom stereocenters. The van der Waals surface area contributed by atoms with E-state index in [-0.39, 0.29) is 41.0 Å². The molecule has 8 nitrogen and oxygen atoms in total. The number of aromatic nitrogens is 2. The average molecular weight is 467 g/mol. The Morgan fingerprint density at radius 2 is 2.06 bits per heavy atom. The molecule has 0 radical (unpaired) electrons. The first-order valence-corrected chi connectivity index (χ1v) is 11.6. The Labute approximate surface area is 197 Å². The lowest BCUT2D eigenvalue weighted by Gasteiger charge is -2.27. The first-order valence-electron chi connectivity index (χ1n) is 11.2. The number of nitrogens with one attached hydrogen (secondary N) is 3. The quantitative estimate of drug-likeness (QED) is 0.494. The topological polar surface area (TPSA) is 122 Å². The highest BCUT2D eigenvalue weighted by molar-refractivity contribution is 6.32. The van der Waals surface area contributed by atoms with Gasteiger partial charge in [0, 0.05) is 23.8 Å². The molecule has 2 aliphatic carbocycles. The van der Waals surface area contributed by atoms with Gasteiger partial charge in [0.25, 0.3) is 0 Å². The van der Waals surface area contributed by atoms with E-state index in [9.17, 15) is 9.59 Å². The van der Waals surface area contributed by atoms with E-state index in [0.29, 0.717) is 23.2 Å². The normalized spacial score (nSPS) is 26.9. The van der Waals surface area contributed by atoms with Gasteiger partial charge in [-0.3, -0.25) is 9.59 Å². The predicted octanol–water partition coefficient (Wildman–Crippen LogP) is 3.97. The van der Waals surface area contributed by atoms with Gasteiger partial charge in [-0.2, -0.15) is 4.98 Å². The second-order valence-corrected chi connectivity index (χ2v) is 10.2. The summed E-state index contributed by atoms with van der Waals surface area (Å²) in [4.78, 5) is 33.0. The number of nitrogens with two attached hydrogens (primary N) is 1. The molecule has 1 aromatic carbocycles. The van der Waals surface area contributed by atoms with Crippen molar-refractivity contribution in [1.29, 1.82) is 0 Å². The number of fused-ring (bicyclic) bond motifs is 3. The molecule has 1 fully saturated rings. The minimum atomic E-state index is -0.317. The molecule has 3 aliphatic rings. The van der Waals surface area contributed by atoms with Gasteiger partial charge < -0.3 is 21.7 Å². The number of rotatable bonds is 5. The number of carbonyl (C=O) groups excluding carboxylic acids is 2. The first-order chi connectivity index (χ1) is 15.7. The number of primary amides is 1. The molecule has 2 heterocycles.